The molecule has 0 spiro atoms. The Bertz CT molecular complexity index is 419. The molecule has 88 valence electrons. The van der Waals surface area contributed by atoms with Crippen LogP contribution in [0.15, 0.2) is 23.1 Å². The number of carbonyl (C=O) groups is 1. The topological polar surface area (TPSA) is 51.1 Å². The van der Waals surface area contributed by atoms with Crippen molar-refractivity contribution in [2.24, 2.45) is 7.05 Å². The van der Waals surface area contributed by atoms with Gasteiger partial charge in [-0.1, -0.05) is 13.8 Å². The number of hydrogen-bond donors (Lipinski definition) is 1. The molecule has 0 aliphatic carbocycles. The van der Waals surface area contributed by atoms with Crippen molar-refractivity contribution in [3.63, 3.8) is 0 Å². The molecule has 1 N–H and O–H groups in total. The third-order valence-electron chi connectivity index (χ3n) is 2.69. The van der Waals surface area contributed by atoms with Gasteiger partial charge in [-0.15, -0.1) is 0 Å². The van der Waals surface area contributed by atoms with Gasteiger partial charge in [0.25, 0.3) is 11.5 Å². The fourth-order valence-corrected chi connectivity index (χ4v) is 1.45. The lowest BCUT2D eigenvalue weighted by atomic mass is 10.1. The summed E-state index contributed by atoms with van der Waals surface area (Å²) < 4.78 is 1.44. The van der Waals surface area contributed by atoms with Gasteiger partial charge in [-0.05, 0) is 18.9 Å². The van der Waals surface area contributed by atoms with Gasteiger partial charge < -0.3 is 9.88 Å². The van der Waals surface area contributed by atoms with Crippen LogP contribution in [0.1, 0.15) is 37.0 Å². The maximum atomic E-state index is 11.8. The number of hydrogen-bond acceptors (Lipinski definition) is 2. The van der Waals surface area contributed by atoms with Crippen molar-refractivity contribution in [3.05, 3.63) is 34.2 Å². The first-order valence-electron chi connectivity index (χ1n) is 5.56. The normalized spacial score (nSPS) is 10.5. The summed E-state index contributed by atoms with van der Waals surface area (Å²) in [4.78, 5) is 23.1. The average Bonchev–Trinajstić information content (AvgIpc) is 2.29. The number of aromatic nitrogens is 1. The monoisotopic (exact) mass is 222 g/mol. The zero-order valence-electron chi connectivity index (χ0n) is 9.99. The predicted molar refractivity (Wildman–Crippen MR) is 63.5 cm³/mol. The first kappa shape index (κ1) is 12.5. The number of rotatable bonds is 4. The number of amides is 1. The smallest absolute Gasteiger partial charge is 0.251 e. The summed E-state index contributed by atoms with van der Waals surface area (Å²) in [6.45, 7) is 4.05. The Hall–Kier alpha value is -1.58. The van der Waals surface area contributed by atoms with E-state index in [1.807, 2.05) is 13.8 Å². The Morgan fingerprint density at radius 3 is 2.56 bits per heavy atom. The standard InChI is InChI=1S/C12H18N2O2/c1-4-10(5-2)13-12(16)9-6-7-14(3)11(15)8-9/h6-8,10H,4-5H2,1-3H3,(H,13,16). The van der Waals surface area contributed by atoms with Crippen molar-refractivity contribution in [2.75, 3.05) is 0 Å². The number of carbonyl (C=O) groups excluding carboxylic acids is 1. The Labute approximate surface area is 95.3 Å². The van der Waals surface area contributed by atoms with E-state index in [-0.39, 0.29) is 17.5 Å². The molecule has 0 radical (unpaired) electrons. The molecular formula is C12H18N2O2. The largest absolute Gasteiger partial charge is 0.349 e. The van der Waals surface area contributed by atoms with Gasteiger partial charge in [0.2, 0.25) is 0 Å². The Morgan fingerprint density at radius 2 is 2.06 bits per heavy atom. The Kier molecular flexibility index (Phi) is 4.28. The lowest BCUT2D eigenvalue weighted by Gasteiger charge is -2.14. The van der Waals surface area contributed by atoms with E-state index in [2.05, 4.69) is 5.32 Å². The molecule has 4 nitrogen and oxygen atoms in total. The fourth-order valence-electron chi connectivity index (χ4n) is 1.45. The summed E-state index contributed by atoms with van der Waals surface area (Å²) in [5, 5.41) is 2.89. The zero-order valence-corrected chi connectivity index (χ0v) is 9.99. The summed E-state index contributed by atoms with van der Waals surface area (Å²) >= 11 is 0. The predicted octanol–water partition coefficient (Wildman–Crippen LogP) is 1.30. The molecule has 0 aromatic carbocycles. The molecular weight excluding hydrogens is 204 g/mol. The number of nitrogens with zero attached hydrogens (tertiary/aromatic N) is 1. The summed E-state index contributed by atoms with van der Waals surface area (Å²) in [5.41, 5.74) is 0.257. The van der Waals surface area contributed by atoms with E-state index in [4.69, 9.17) is 0 Å². The van der Waals surface area contributed by atoms with Crippen LogP contribution in [0, 0.1) is 0 Å². The molecule has 0 saturated heterocycles. The number of aryl methyl sites for hydroxylation is 1. The van der Waals surface area contributed by atoms with Gasteiger partial charge in [-0.3, -0.25) is 9.59 Å². The molecule has 4 heteroatoms. The number of pyridine rings is 1. The SMILES string of the molecule is CCC(CC)NC(=O)c1ccn(C)c(=O)c1. The molecule has 1 amide bonds. The molecule has 0 aliphatic heterocycles. The highest BCUT2D eigenvalue weighted by molar-refractivity contribution is 5.94. The highest BCUT2D eigenvalue weighted by Gasteiger charge is 2.10. The third kappa shape index (κ3) is 2.95. The maximum absolute atomic E-state index is 11.8. The van der Waals surface area contributed by atoms with Crippen molar-refractivity contribution >= 4 is 5.91 Å². The van der Waals surface area contributed by atoms with Gasteiger partial charge in [-0.2, -0.15) is 0 Å². The molecule has 0 saturated carbocycles. The van der Waals surface area contributed by atoms with Gasteiger partial charge in [0, 0.05) is 30.9 Å². The molecule has 0 bridgehead atoms. The lowest BCUT2D eigenvalue weighted by molar-refractivity contribution is 0.0934. The maximum Gasteiger partial charge on any atom is 0.251 e. The zero-order chi connectivity index (χ0) is 12.1. The highest BCUT2D eigenvalue weighted by Crippen LogP contribution is 2.00. The molecule has 16 heavy (non-hydrogen) atoms. The van der Waals surface area contributed by atoms with Crippen LogP contribution in [0.3, 0.4) is 0 Å². The van der Waals surface area contributed by atoms with Crippen LogP contribution in [-0.2, 0) is 7.05 Å². The molecule has 1 rings (SSSR count). The van der Waals surface area contributed by atoms with Crippen LogP contribution in [-0.4, -0.2) is 16.5 Å². The first-order chi connectivity index (χ1) is 7.58. The van der Waals surface area contributed by atoms with E-state index in [0.717, 1.165) is 12.8 Å². The molecule has 0 atom stereocenters. The van der Waals surface area contributed by atoms with E-state index >= 15 is 0 Å². The van der Waals surface area contributed by atoms with Gasteiger partial charge in [0.05, 0.1) is 0 Å². The quantitative estimate of drug-likeness (QED) is 0.835. The molecule has 0 unspecified atom stereocenters. The van der Waals surface area contributed by atoms with Gasteiger partial charge >= 0.3 is 0 Å². The van der Waals surface area contributed by atoms with Gasteiger partial charge in [-0.25, -0.2) is 0 Å². The minimum Gasteiger partial charge on any atom is -0.349 e. The van der Waals surface area contributed by atoms with E-state index in [9.17, 15) is 9.59 Å². The van der Waals surface area contributed by atoms with Crippen LogP contribution in [0.5, 0.6) is 0 Å². The minimum absolute atomic E-state index is 0.169. The first-order valence-corrected chi connectivity index (χ1v) is 5.56. The molecule has 1 aromatic rings. The summed E-state index contributed by atoms with van der Waals surface area (Å²) in [5.74, 6) is -0.175. The fraction of sp³-hybridized carbons (Fsp3) is 0.500. The third-order valence-corrected chi connectivity index (χ3v) is 2.69. The summed E-state index contributed by atoms with van der Waals surface area (Å²) in [6, 6.07) is 3.19. The van der Waals surface area contributed by atoms with Crippen LogP contribution in [0.4, 0.5) is 0 Å². The summed E-state index contributed by atoms with van der Waals surface area (Å²) in [6.07, 6.45) is 3.39. The summed E-state index contributed by atoms with van der Waals surface area (Å²) in [7, 11) is 1.66. The molecule has 0 aliphatic rings. The van der Waals surface area contributed by atoms with Crippen LogP contribution in [0.25, 0.3) is 0 Å². The van der Waals surface area contributed by atoms with Crippen molar-refractivity contribution in [1.29, 1.82) is 0 Å². The highest BCUT2D eigenvalue weighted by atomic mass is 16.2. The second-order valence-corrected chi connectivity index (χ2v) is 3.85. The molecule has 1 heterocycles. The van der Waals surface area contributed by atoms with E-state index in [1.165, 1.54) is 10.6 Å². The molecule has 0 fully saturated rings. The van der Waals surface area contributed by atoms with Crippen LogP contribution >= 0.6 is 0 Å². The van der Waals surface area contributed by atoms with E-state index < -0.39 is 0 Å². The van der Waals surface area contributed by atoms with Gasteiger partial charge in [0.1, 0.15) is 0 Å². The van der Waals surface area contributed by atoms with Gasteiger partial charge in [0.15, 0.2) is 0 Å². The van der Waals surface area contributed by atoms with Crippen molar-refractivity contribution in [3.8, 4) is 0 Å². The van der Waals surface area contributed by atoms with Crippen LogP contribution < -0.4 is 10.9 Å². The van der Waals surface area contributed by atoms with Crippen molar-refractivity contribution in [1.82, 2.24) is 9.88 Å². The Balaban J connectivity index is 2.81. The van der Waals surface area contributed by atoms with Crippen molar-refractivity contribution in [2.45, 2.75) is 32.7 Å². The average molecular weight is 222 g/mol. The van der Waals surface area contributed by atoms with Crippen LogP contribution in [0.2, 0.25) is 0 Å². The molecule has 1 aromatic heterocycles. The van der Waals surface area contributed by atoms with Crippen molar-refractivity contribution < 1.29 is 4.79 Å². The second-order valence-electron chi connectivity index (χ2n) is 3.85. The number of nitrogens with one attached hydrogen (secondary N) is 1. The Morgan fingerprint density at radius 1 is 1.44 bits per heavy atom. The lowest BCUT2D eigenvalue weighted by Crippen LogP contribution is -2.34. The minimum atomic E-state index is -0.175. The van der Waals surface area contributed by atoms with E-state index in [0.29, 0.717) is 5.56 Å². The van der Waals surface area contributed by atoms with E-state index in [1.54, 1.807) is 19.3 Å². The second kappa shape index (κ2) is 5.49.